The lowest BCUT2D eigenvalue weighted by molar-refractivity contribution is -0.124. The number of nitrogens with zero attached hydrogens (tertiary/aromatic N) is 2. The Kier molecular flexibility index (Phi) is 7.74. The Bertz CT molecular complexity index is 544. The van der Waals surface area contributed by atoms with Gasteiger partial charge in [0.15, 0.2) is 0 Å². The molecule has 148 valence electrons. The van der Waals surface area contributed by atoms with Crippen molar-refractivity contribution in [3.05, 3.63) is 0 Å². The zero-order chi connectivity index (χ0) is 19.3. The van der Waals surface area contributed by atoms with Gasteiger partial charge in [0, 0.05) is 43.8 Å². The number of carbonyl (C=O) groups is 1. The van der Waals surface area contributed by atoms with E-state index in [9.17, 15) is 13.2 Å². The summed E-state index contributed by atoms with van der Waals surface area (Å²) in [6.07, 6.45) is 0.371. The third-order valence-corrected chi connectivity index (χ3v) is 4.26. The molecule has 0 radical (unpaired) electrons. The molecule has 1 unspecified atom stereocenters. The van der Waals surface area contributed by atoms with Gasteiger partial charge in [-0.3, -0.25) is 14.2 Å². The molecule has 0 aromatic heterocycles. The number of piperazine rings is 1. The van der Waals surface area contributed by atoms with Crippen molar-refractivity contribution in [2.75, 3.05) is 46.3 Å². The van der Waals surface area contributed by atoms with Gasteiger partial charge >= 0.3 is 10.4 Å². The zero-order valence-electron chi connectivity index (χ0n) is 15.4. The van der Waals surface area contributed by atoms with Crippen LogP contribution < -0.4 is 16.5 Å². The minimum atomic E-state index is -4.57. The van der Waals surface area contributed by atoms with Crippen LogP contribution in [0.15, 0.2) is 0 Å². The summed E-state index contributed by atoms with van der Waals surface area (Å²) < 4.78 is 33.6. The first-order valence-electron chi connectivity index (χ1n) is 8.18. The van der Waals surface area contributed by atoms with Crippen molar-refractivity contribution in [3.63, 3.8) is 0 Å². The molecule has 0 spiro atoms. The van der Waals surface area contributed by atoms with E-state index in [2.05, 4.69) is 31.9 Å². The van der Waals surface area contributed by atoms with Crippen LogP contribution in [-0.4, -0.2) is 86.1 Å². The lowest BCUT2D eigenvalue weighted by Gasteiger charge is -2.36. The first-order chi connectivity index (χ1) is 11.3. The van der Waals surface area contributed by atoms with Gasteiger partial charge in [-0.05, 0) is 34.2 Å². The fourth-order valence-electron chi connectivity index (χ4n) is 3.01. The van der Waals surface area contributed by atoms with E-state index in [0.29, 0.717) is 13.0 Å². The molecule has 0 aromatic rings. The highest BCUT2D eigenvalue weighted by molar-refractivity contribution is 7.80. The molecule has 1 fully saturated rings. The summed E-state index contributed by atoms with van der Waals surface area (Å²) in [5, 5.41) is 2.97. The fraction of sp³-hybridized carbons (Fsp3) is 0.929. The number of nitrogens with one attached hydrogen (secondary N) is 2. The third-order valence-electron chi connectivity index (χ3n) is 3.93. The Morgan fingerprint density at radius 2 is 1.80 bits per heavy atom. The van der Waals surface area contributed by atoms with Crippen LogP contribution in [0.2, 0.25) is 0 Å². The molecule has 0 aromatic carbocycles. The smallest absolute Gasteiger partial charge is 0.350 e. The average molecular weight is 381 g/mol. The number of likely N-dealkylation sites (N-methyl/N-ethyl adjacent to an activating group) is 1. The Labute approximate surface area is 150 Å². The molecule has 10 nitrogen and oxygen atoms in total. The number of rotatable bonds is 9. The van der Waals surface area contributed by atoms with Gasteiger partial charge in [-0.15, -0.1) is 0 Å². The monoisotopic (exact) mass is 381 g/mol. The average Bonchev–Trinajstić information content (AvgIpc) is 2.37. The third kappa shape index (κ3) is 10.0. The summed E-state index contributed by atoms with van der Waals surface area (Å²) in [6, 6.07) is 0. The van der Waals surface area contributed by atoms with Crippen LogP contribution in [0.25, 0.3) is 0 Å². The molecule has 1 amide bonds. The van der Waals surface area contributed by atoms with E-state index in [4.69, 9.17) is 10.3 Å². The molecule has 1 heterocycles. The van der Waals surface area contributed by atoms with Crippen LogP contribution >= 0.6 is 0 Å². The van der Waals surface area contributed by atoms with E-state index < -0.39 is 21.5 Å². The van der Waals surface area contributed by atoms with E-state index in [0.717, 1.165) is 26.2 Å². The summed E-state index contributed by atoms with van der Waals surface area (Å²) in [4.78, 5) is 16.6. The maximum absolute atomic E-state index is 12.3. The molecular formula is C14H31N5O5S. The summed E-state index contributed by atoms with van der Waals surface area (Å²) in [7, 11) is -2.52. The highest BCUT2D eigenvalue weighted by Gasteiger charge is 2.31. The molecule has 1 atom stereocenters. The zero-order valence-corrected chi connectivity index (χ0v) is 16.2. The molecule has 5 N–H and O–H groups in total. The van der Waals surface area contributed by atoms with E-state index in [1.54, 1.807) is 6.92 Å². The van der Waals surface area contributed by atoms with Crippen LogP contribution in [-0.2, 0) is 19.5 Å². The number of hydrogen-bond donors (Lipinski definition) is 4. The van der Waals surface area contributed by atoms with Crippen LogP contribution in [0.1, 0.15) is 27.2 Å². The maximum Gasteiger partial charge on any atom is 0.413 e. The van der Waals surface area contributed by atoms with E-state index in [1.807, 2.05) is 13.8 Å². The summed E-state index contributed by atoms with van der Waals surface area (Å²) >= 11 is 0. The number of amides is 1. The van der Waals surface area contributed by atoms with E-state index in [1.165, 1.54) is 0 Å². The van der Waals surface area contributed by atoms with E-state index >= 15 is 0 Å². The fourth-order valence-corrected chi connectivity index (χ4v) is 3.22. The Morgan fingerprint density at radius 3 is 2.32 bits per heavy atom. The van der Waals surface area contributed by atoms with Crippen LogP contribution in [0.5, 0.6) is 0 Å². The van der Waals surface area contributed by atoms with Crippen molar-refractivity contribution in [1.82, 2.24) is 20.6 Å². The largest absolute Gasteiger partial charge is 0.413 e. The van der Waals surface area contributed by atoms with E-state index in [-0.39, 0.29) is 12.5 Å². The SMILES string of the molecule is CN1CCN(CC(=O)NC(C)(C)CC(C)(N)CNOS(=O)(=O)O)CC1. The van der Waals surface area contributed by atoms with Gasteiger partial charge in [0.1, 0.15) is 0 Å². The van der Waals surface area contributed by atoms with Crippen molar-refractivity contribution < 1.29 is 22.0 Å². The predicted octanol–water partition coefficient (Wildman–Crippen LogP) is -1.44. The van der Waals surface area contributed by atoms with Gasteiger partial charge in [0.05, 0.1) is 6.54 Å². The van der Waals surface area contributed by atoms with Crippen molar-refractivity contribution >= 4 is 16.3 Å². The van der Waals surface area contributed by atoms with Crippen LogP contribution in [0.3, 0.4) is 0 Å². The Morgan fingerprint density at radius 1 is 1.24 bits per heavy atom. The van der Waals surface area contributed by atoms with Gasteiger partial charge in [-0.1, -0.05) is 0 Å². The highest BCUT2D eigenvalue weighted by Crippen LogP contribution is 2.18. The summed E-state index contributed by atoms with van der Waals surface area (Å²) in [6.45, 7) is 9.31. The van der Waals surface area contributed by atoms with Crippen molar-refractivity contribution in [1.29, 1.82) is 0 Å². The molecule has 11 heteroatoms. The normalized spacial score (nSPS) is 20.2. The first-order valence-corrected chi connectivity index (χ1v) is 9.54. The number of nitrogens with two attached hydrogens (primary N) is 1. The molecule has 1 rings (SSSR count). The molecule has 0 bridgehead atoms. The van der Waals surface area contributed by atoms with Gasteiger partial charge in [-0.25, -0.2) is 0 Å². The molecule has 0 aliphatic carbocycles. The minimum absolute atomic E-state index is 0.0233. The van der Waals surface area contributed by atoms with Gasteiger partial charge < -0.3 is 16.0 Å². The number of carbonyl (C=O) groups excluding carboxylic acids is 1. The topological polar surface area (TPSA) is 137 Å². The minimum Gasteiger partial charge on any atom is -0.350 e. The second-order valence-corrected chi connectivity index (χ2v) is 8.70. The molecule has 1 aliphatic rings. The van der Waals surface area contributed by atoms with Crippen LogP contribution in [0, 0.1) is 0 Å². The van der Waals surface area contributed by atoms with Crippen molar-refractivity contribution in [2.45, 2.75) is 38.3 Å². The quantitative estimate of drug-likeness (QED) is 0.279. The predicted molar refractivity (Wildman–Crippen MR) is 94.0 cm³/mol. The Hall–Kier alpha value is -0.820. The Balaban J connectivity index is 2.43. The second kappa shape index (κ2) is 8.71. The lowest BCUT2D eigenvalue weighted by Crippen LogP contribution is -2.57. The molecular weight excluding hydrogens is 350 g/mol. The summed E-state index contributed by atoms with van der Waals surface area (Å²) in [5.41, 5.74) is 6.79. The van der Waals surface area contributed by atoms with Crippen molar-refractivity contribution in [3.8, 4) is 0 Å². The second-order valence-electron chi connectivity index (χ2n) is 7.67. The molecule has 25 heavy (non-hydrogen) atoms. The summed E-state index contributed by atoms with van der Waals surface area (Å²) in [5.74, 6) is -0.0764. The van der Waals surface area contributed by atoms with Crippen LogP contribution in [0.4, 0.5) is 0 Å². The maximum atomic E-state index is 12.3. The van der Waals surface area contributed by atoms with Gasteiger partial charge in [-0.2, -0.15) is 18.2 Å². The molecule has 1 saturated heterocycles. The van der Waals surface area contributed by atoms with Gasteiger partial charge in [0.2, 0.25) is 5.91 Å². The molecule has 0 saturated carbocycles. The lowest BCUT2D eigenvalue weighted by atomic mass is 9.86. The highest BCUT2D eigenvalue weighted by atomic mass is 32.3. The number of hydroxylamine groups is 1. The van der Waals surface area contributed by atoms with Gasteiger partial charge in [0.25, 0.3) is 0 Å². The first kappa shape index (κ1) is 22.2. The van der Waals surface area contributed by atoms with Crippen molar-refractivity contribution in [2.24, 2.45) is 5.73 Å². The number of hydrogen-bond acceptors (Lipinski definition) is 8. The molecule has 1 aliphatic heterocycles. The standard InChI is InChI=1S/C14H31N5O5S/c1-13(2,10-14(3,15)11-16-24-25(21,22)23)17-12(20)9-19-7-5-18(4)6-8-19/h16H,5-11,15H2,1-4H3,(H,17,20)(H,21,22,23).